The van der Waals surface area contributed by atoms with Gasteiger partial charge in [0.2, 0.25) is 0 Å². The third-order valence-electron chi connectivity index (χ3n) is 2.51. The average molecular weight is 212 g/mol. The second-order valence-electron chi connectivity index (χ2n) is 3.82. The molecule has 16 heavy (non-hydrogen) atoms. The van der Waals surface area contributed by atoms with Crippen molar-refractivity contribution in [3.05, 3.63) is 71.8 Å². The zero-order valence-corrected chi connectivity index (χ0v) is 10.2. The summed E-state index contributed by atoms with van der Waals surface area (Å²) in [5.74, 6) is 0. The number of allylic oxidation sites excluding steroid dienone is 5. The fourth-order valence-electron chi connectivity index (χ4n) is 1.61. The van der Waals surface area contributed by atoms with Crippen LogP contribution in [0.4, 0.5) is 0 Å². The predicted octanol–water partition coefficient (Wildman–Crippen LogP) is 4.70. The molecule has 0 heteroatoms. The van der Waals surface area contributed by atoms with Crippen LogP contribution in [0.1, 0.15) is 25.8 Å². The summed E-state index contributed by atoms with van der Waals surface area (Å²) in [4.78, 5) is 0. The molecule has 1 rings (SSSR count). The number of rotatable bonds is 5. The first-order valence-corrected chi connectivity index (χ1v) is 5.82. The van der Waals surface area contributed by atoms with Crippen molar-refractivity contribution in [3.8, 4) is 0 Å². The van der Waals surface area contributed by atoms with Crippen LogP contribution in [0.2, 0.25) is 0 Å². The summed E-state index contributed by atoms with van der Waals surface area (Å²) < 4.78 is 0. The van der Waals surface area contributed by atoms with E-state index in [-0.39, 0.29) is 0 Å². The standard InChI is InChI=1S/C16H20/c1-4-6-12-16(5-2)14(3)13-15-10-8-7-9-11-15/h5-12H,3-4,13H2,1-2H3/b12-6-,16-5+. The molecule has 0 N–H and O–H groups in total. The molecule has 0 bridgehead atoms. The van der Waals surface area contributed by atoms with Crippen LogP contribution in [0, 0.1) is 0 Å². The topological polar surface area (TPSA) is 0 Å². The maximum absolute atomic E-state index is 4.15. The lowest BCUT2D eigenvalue weighted by atomic mass is 9.99. The Balaban J connectivity index is 2.68. The van der Waals surface area contributed by atoms with Crippen LogP contribution < -0.4 is 0 Å². The molecule has 0 saturated carbocycles. The molecule has 1 aromatic carbocycles. The SMILES string of the molecule is C=C(Cc1ccccc1)C(/C=C\CC)=C/C. The summed E-state index contributed by atoms with van der Waals surface area (Å²) in [6.45, 7) is 8.36. The van der Waals surface area contributed by atoms with E-state index in [2.05, 4.69) is 62.9 Å². The van der Waals surface area contributed by atoms with Gasteiger partial charge in [-0.15, -0.1) is 0 Å². The van der Waals surface area contributed by atoms with Gasteiger partial charge in [0.05, 0.1) is 0 Å². The van der Waals surface area contributed by atoms with Gasteiger partial charge < -0.3 is 0 Å². The van der Waals surface area contributed by atoms with Gasteiger partial charge in [-0.3, -0.25) is 0 Å². The first kappa shape index (κ1) is 12.5. The average Bonchev–Trinajstić information content (AvgIpc) is 2.31. The van der Waals surface area contributed by atoms with E-state index in [1.807, 2.05) is 6.07 Å². The third-order valence-corrected chi connectivity index (χ3v) is 2.51. The molecular weight excluding hydrogens is 192 g/mol. The van der Waals surface area contributed by atoms with Gasteiger partial charge in [-0.1, -0.05) is 62.1 Å². The molecular formula is C16H20. The van der Waals surface area contributed by atoms with E-state index >= 15 is 0 Å². The molecule has 0 spiro atoms. The minimum Gasteiger partial charge on any atom is -0.0949 e. The molecule has 0 atom stereocenters. The van der Waals surface area contributed by atoms with Crippen molar-refractivity contribution in [2.24, 2.45) is 0 Å². The Bertz CT molecular complexity index is 380. The van der Waals surface area contributed by atoms with Crippen LogP contribution in [0.3, 0.4) is 0 Å². The highest BCUT2D eigenvalue weighted by Crippen LogP contribution is 2.15. The van der Waals surface area contributed by atoms with Crippen molar-refractivity contribution in [2.75, 3.05) is 0 Å². The third kappa shape index (κ3) is 3.90. The van der Waals surface area contributed by atoms with E-state index < -0.39 is 0 Å². The highest BCUT2D eigenvalue weighted by molar-refractivity contribution is 5.40. The highest BCUT2D eigenvalue weighted by atomic mass is 14.0. The van der Waals surface area contributed by atoms with Crippen LogP contribution in [0.25, 0.3) is 0 Å². The molecule has 0 radical (unpaired) electrons. The summed E-state index contributed by atoms with van der Waals surface area (Å²) in [6.07, 6.45) is 8.44. The van der Waals surface area contributed by atoms with Gasteiger partial charge >= 0.3 is 0 Å². The maximum atomic E-state index is 4.15. The molecule has 84 valence electrons. The summed E-state index contributed by atoms with van der Waals surface area (Å²) in [5, 5.41) is 0. The largest absolute Gasteiger partial charge is 0.0949 e. The molecule has 1 aromatic rings. The van der Waals surface area contributed by atoms with Crippen molar-refractivity contribution in [1.29, 1.82) is 0 Å². The Kier molecular flexibility index (Phi) is 5.35. The number of hydrogen-bond donors (Lipinski definition) is 0. The Morgan fingerprint density at radius 3 is 2.50 bits per heavy atom. The van der Waals surface area contributed by atoms with E-state index in [1.54, 1.807) is 0 Å². The van der Waals surface area contributed by atoms with Crippen LogP contribution in [0.5, 0.6) is 0 Å². The van der Waals surface area contributed by atoms with E-state index in [0.29, 0.717) is 0 Å². The molecule has 0 unspecified atom stereocenters. The van der Waals surface area contributed by atoms with Crippen molar-refractivity contribution in [1.82, 2.24) is 0 Å². The second-order valence-corrected chi connectivity index (χ2v) is 3.82. The molecule has 0 amide bonds. The lowest BCUT2D eigenvalue weighted by Gasteiger charge is -2.06. The zero-order chi connectivity index (χ0) is 11.8. The summed E-state index contributed by atoms with van der Waals surface area (Å²) in [6, 6.07) is 10.5. The molecule has 0 saturated heterocycles. The van der Waals surface area contributed by atoms with Crippen molar-refractivity contribution >= 4 is 0 Å². The van der Waals surface area contributed by atoms with Gasteiger partial charge in [-0.2, -0.15) is 0 Å². The van der Waals surface area contributed by atoms with E-state index in [0.717, 1.165) is 12.8 Å². The van der Waals surface area contributed by atoms with Crippen LogP contribution in [0.15, 0.2) is 66.3 Å². The van der Waals surface area contributed by atoms with Crippen LogP contribution >= 0.6 is 0 Å². The minimum atomic E-state index is 0.925. The minimum absolute atomic E-state index is 0.925. The van der Waals surface area contributed by atoms with E-state index in [4.69, 9.17) is 0 Å². The lowest BCUT2D eigenvalue weighted by Crippen LogP contribution is -1.91. The highest BCUT2D eigenvalue weighted by Gasteiger charge is 1.99. The van der Waals surface area contributed by atoms with Crippen LogP contribution in [-0.4, -0.2) is 0 Å². The summed E-state index contributed by atoms with van der Waals surface area (Å²) in [5.41, 5.74) is 3.74. The quantitative estimate of drug-likeness (QED) is 0.621. The van der Waals surface area contributed by atoms with Gasteiger partial charge in [0.15, 0.2) is 0 Å². The smallest absolute Gasteiger partial charge is 0.00258 e. The Morgan fingerprint density at radius 2 is 1.94 bits per heavy atom. The number of hydrogen-bond acceptors (Lipinski definition) is 0. The molecule has 0 aliphatic carbocycles. The van der Waals surface area contributed by atoms with Crippen molar-refractivity contribution in [3.63, 3.8) is 0 Å². The molecule has 0 aliphatic heterocycles. The lowest BCUT2D eigenvalue weighted by molar-refractivity contribution is 1.16. The molecule has 0 heterocycles. The number of benzene rings is 1. The zero-order valence-electron chi connectivity index (χ0n) is 10.2. The first-order chi connectivity index (χ1) is 7.77. The fourth-order valence-corrected chi connectivity index (χ4v) is 1.61. The second kappa shape index (κ2) is 6.84. The van der Waals surface area contributed by atoms with Crippen LogP contribution in [-0.2, 0) is 6.42 Å². The first-order valence-electron chi connectivity index (χ1n) is 5.82. The molecule has 0 aliphatic rings. The predicted molar refractivity (Wildman–Crippen MR) is 72.5 cm³/mol. The Morgan fingerprint density at radius 1 is 1.25 bits per heavy atom. The van der Waals surface area contributed by atoms with Gasteiger partial charge in [-0.25, -0.2) is 0 Å². The fraction of sp³-hybridized carbons (Fsp3) is 0.250. The van der Waals surface area contributed by atoms with Gasteiger partial charge in [0.25, 0.3) is 0 Å². The van der Waals surface area contributed by atoms with Crippen molar-refractivity contribution in [2.45, 2.75) is 26.7 Å². The van der Waals surface area contributed by atoms with Gasteiger partial charge in [-0.05, 0) is 36.5 Å². The van der Waals surface area contributed by atoms with Gasteiger partial charge in [0, 0.05) is 0 Å². The van der Waals surface area contributed by atoms with Gasteiger partial charge in [0.1, 0.15) is 0 Å². The maximum Gasteiger partial charge on any atom is -0.00258 e. The van der Waals surface area contributed by atoms with E-state index in [9.17, 15) is 0 Å². The normalized spacial score (nSPS) is 12.0. The Hall–Kier alpha value is -1.56. The monoisotopic (exact) mass is 212 g/mol. The van der Waals surface area contributed by atoms with E-state index in [1.165, 1.54) is 16.7 Å². The molecule has 0 aromatic heterocycles. The Labute approximate surface area is 99.0 Å². The summed E-state index contributed by atoms with van der Waals surface area (Å²) in [7, 11) is 0. The summed E-state index contributed by atoms with van der Waals surface area (Å²) >= 11 is 0. The molecule has 0 nitrogen and oxygen atoms in total. The van der Waals surface area contributed by atoms with Crippen molar-refractivity contribution < 1.29 is 0 Å². The molecule has 0 fully saturated rings.